The molecule has 0 saturated heterocycles. The van der Waals surface area contributed by atoms with Crippen molar-refractivity contribution >= 4 is 45.0 Å². The van der Waals surface area contributed by atoms with E-state index in [0.29, 0.717) is 21.9 Å². The summed E-state index contributed by atoms with van der Waals surface area (Å²) in [6, 6.07) is 5.79. The maximum atomic E-state index is 12.8. The van der Waals surface area contributed by atoms with Crippen LogP contribution < -0.4 is 16.0 Å². The zero-order valence-electron chi connectivity index (χ0n) is 18.6. The van der Waals surface area contributed by atoms with Crippen LogP contribution in [0.4, 0.5) is 24.0 Å². The molecule has 3 aromatic heterocycles. The molecule has 4 aromatic rings. The third-order valence-corrected chi connectivity index (χ3v) is 6.19. The molecule has 3 heterocycles. The Morgan fingerprint density at radius 2 is 1.86 bits per heavy atom. The van der Waals surface area contributed by atoms with E-state index in [2.05, 4.69) is 30.9 Å². The molecule has 1 atom stereocenters. The fraction of sp³-hybridized carbons (Fsp3) is 0.227. The average molecular weight is 504 g/mol. The molecule has 1 unspecified atom stereocenters. The molecule has 182 valence electrons. The third-order valence-electron chi connectivity index (χ3n) is 5.09. The molecule has 0 radical (unpaired) electrons. The Kier molecular flexibility index (Phi) is 6.69. The van der Waals surface area contributed by atoms with Crippen molar-refractivity contribution in [2.45, 2.75) is 25.7 Å². The van der Waals surface area contributed by atoms with E-state index in [1.807, 2.05) is 0 Å². The first-order valence-corrected chi connectivity index (χ1v) is 11.2. The number of thiazole rings is 1. The van der Waals surface area contributed by atoms with Crippen molar-refractivity contribution in [3.63, 3.8) is 0 Å². The number of imidazole rings is 1. The topological polar surface area (TPSA) is 114 Å². The van der Waals surface area contributed by atoms with E-state index in [1.165, 1.54) is 43.0 Å². The highest BCUT2D eigenvalue weighted by Gasteiger charge is 2.30. The van der Waals surface area contributed by atoms with Crippen LogP contribution in [0.3, 0.4) is 0 Å². The fourth-order valence-electron chi connectivity index (χ4n) is 3.20. The van der Waals surface area contributed by atoms with E-state index in [1.54, 1.807) is 23.8 Å². The summed E-state index contributed by atoms with van der Waals surface area (Å²) >= 11 is 1.26. The summed E-state index contributed by atoms with van der Waals surface area (Å²) in [5, 5.41) is 8.82. The molecule has 13 heteroatoms. The van der Waals surface area contributed by atoms with E-state index in [9.17, 15) is 22.8 Å². The van der Waals surface area contributed by atoms with Crippen LogP contribution in [-0.2, 0) is 17.5 Å². The molecule has 9 nitrogen and oxygen atoms in total. The molecule has 35 heavy (non-hydrogen) atoms. The molecule has 0 bridgehead atoms. The zero-order valence-corrected chi connectivity index (χ0v) is 19.4. The van der Waals surface area contributed by atoms with Gasteiger partial charge < -0.3 is 20.5 Å². The van der Waals surface area contributed by atoms with Crippen LogP contribution in [0.25, 0.3) is 11.0 Å². The molecule has 4 rings (SSSR count). The molecule has 0 spiro atoms. The number of hydrogen-bond donors (Lipinski definition) is 3. The van der Waals surface area contributed by atoms with Gasteiger partial charge in [-0.3, -0.25) is 9.59 Å². The Bertz CT molecular complexity index is 1370. The predicted octanol–water partition coefficient (Wildman–Crippen LogP) is 3.89. The lowest BCUT2D eigenvalue weighted by atomic mass is 10.2. The fourth-order valence-corrected chi connectivity index (χ4v) is 4.04. The standard InChI is InChI=1S/C22H20F3N7O2S/c1-12(18-9-28-21(35-18)31-14-5-3-13(4-6-14)22(23,24)25)30-20(34)15-7-17-16(8-27-15)29-11-32(17)10-19(33)26-2/h3-9,11-12H,10H2,1-2H3,(H,26,33)(H,28,31)(H,30,34). The summed E-state index contributed by atoms with van der Waals surface area (Å²) in [4.78, 5) is 37.8. The van der Waals surface area contributed by atoms with Gasteiger partial charge in [-0.25, -0.2) is 15.0 Å². The number of aromatic nitrogens is 4. The molecule has 1 aromatic carbocycles. The molecule has 0 aliphatic heterocycles. The SMILES string of the molecule is CNC(=O)Cn1cnc2cnc(C(=O)NC(C)c3cnc(Nc4ccc(C(F)(F)F)cc4)s3)cc21. The smallest absolute Gasteiger partial charge is 0.358 e. The van der Waals surface area contributed by atoms with Gasteiger partial charge >= 0.3 is 6.18 Å². The number of carbonyl (C=O) groups is 2. The number of hydrogen-bond acceptors (Lipinski definition) is 7. The molecule has 0 saturated carbocycles. The number of nitrogens with one attached hydrogen (secondary N) is 3. The molecule has 3 N–H and O–H groups in total. The monoisotopic (exact) mass is 503 g/mol. The first kappa shape index (κ1) is 24.1. The van der Waals surface area contributed by atoms with Crippen LogP contribution in [0.15, 0.2) is 49.1 Å². The van der Waals surface area contributed by atoms with Gasteiger partial charge in [0.1, 0.15) is 17.8 Å². The van der Waals surface area contributed by atoms with Crippen LogP contribution in [0, 0.1) is 0 Å². The van der Waals surface area contributed by atoms with Crippen molar-refractivity contribution in [2.75, 3.05) is 12.4 Å². The van der Waals surface area contributed by atoms with Gasteiger partial charge in [0.05, 0.1) is 29.6 Å². The van der Waals surface area contributed by atoms with Crippen molar-refractivity contribution in [3.05, 3.63) is 65.2 Å². The van der Waals surface area contributed by atoms with E-state index in [0.717, 1.165) is 17.0 Å². The van der Waals surface area contributed by atoms with Gasteiger partial charge in [0.25, 0.3) is 5.91 Å². The molecule has 2 amide bonds. The summed E-state index contributed by atoms with van der Waals surface area (Å²) in [6.07, 6.45) is 0.156. The molecule has 0 aliphatic carbocycles. The largest absolute Gasteiger partial charge is 0.416 e. The zero-order chi connectivity index (χ0) is 25.2. The second-order valence-electron chi connectivity index (χ2n) is 7.57. The highest BCUT2D eigenvalue weighted by molar-refractivity contribution is 7.15. The lowest BCUT2D eigenvalue weighted by molar-refractivity contribution is -0.137. The van der Waals surface area contributed by atoms with Crippen molar-refractivity contribution in [1.82, 2.24) is 30.2 Å². The number of pyridine rings is 1. The number of benzene rings is 1. The highest BCUT2D eigenvalue weighted by Crippen LogP contribution is 2.31. The Labute approximate surface area is 201 Å². The third kappa shape index (κ3) is 5.57. The first-order chi connectivity index (χ1) is 16.6. The van der Waals surface area contributed by atoms with Gasteiger partial charge in [-0.15, -0.1) is 0 Å². The van der Waals surface area contributed by atoms with Crippen molar-refractivity contribution in [1.29, 1.82) is 0 Å². The number of carbonyl (C=O) groups excluding carboxylic acids is 2. The lowest BCUT2D eigenvalue weighted by Gasteiger charge is -2.11. The van der Waals surface area contributed by atoms with Crippen molar-refractivity contribution in [2.24, 2.45) is 0 Å². The minimum Gasteiger partial charge on any atom is -0.358 e. The summed E-state index contributed by atoms with van der Waals surface area (Å²) in [6.45, 7) is 1.84. The molecule has 0 fully saturated rings. The summed E-state index contributed by atoms with van der Waals surface area (Å²) in [5.74, 6) is -0.621. The van der Waals surface area contributed by atoms with Crippen molar-refractivity contribution < 1.29 is 22.8 Å². The summed E-state index contributed by atoms with van der Waals surface area (Å²) < 4.78 is 39.8. The van der Waals surface area contributed by atoms with Gasteiger partial charge in [-0.1, -0.05) is 11.3 Å². The van der Waals surface area contributed by atoms with Crippen LogP contribution >= 0.6 is 11.3 Å². The molecular weight excluding hydrogens is 483 g/mol. The van der Waals surface area contributed by atoms with Gasteiger partial charge in [-0.2, -0.15) is 13.2 Å². The van der Waals surface area contributed by atoms with Crippen molar-refractivity contribution in [3.8, 4) is 0 Å². The second kappa shape index (κ2) is 9.70. The number of alkyl halides is 3. The van der Waals surface area contributed by atoms with E-state index >= 15 is 0 Å². The first-order valence-electron chi connectivity index (χ1n) is 10.4. The van der Waals surface area contributed by atoms with E-state index in [4.69, 9.17) is 0 Å². The average Bonchev–Trinajstić information content (AvgIpc) is 3.45. The Balaban J connectivity index is 1.42. The van der Waals surface area contributed by atoms with Crippen LogP contribution in [0.2, 0.25) is 0 Å². The Hall–Kier alpha value is -4.00. The minimum absolute atomic E-state index is 0.0596. The quantitative estimate of drug-likeness (QED) is 0.353. The second-order valence-corrected chi connectivity index (χ2v) is 8.63. The van der Waals surface area contributed by atoms with Crippen LogP contribution in [-0.4, -0.2) is 38.4 Å². The maximum absolute atomic E-state index is 12.8. The summed E-state index contributed by atoms with van der Waals surface area (Å²) in [5.41, 5.74) is 1.04. The Morgan fingerprint density at radius 1 is 1.11 bits per heavy atom. The van der Waals surface area contributed by atoms with E-state index < -0.39 is 23.7 Å². The minimum atomic E-state index is -4.40. The van der Waals surface area contributed by atoms with Gasteiger partial charge in [0.15, 0.2) is 5.13 Å². The van der Waals surface area contributed by atoms with Gasteiger partial charge in [0, 0.05) is 23.8 Å². The van der Waals surface area contributed by atoms with Crippen LogP contribution in [0.5, 0.6) is 0 Å². The molecule has 0 aliphatic rings. The Morgan fingerprint density at radius 3 is 2.54 bits per heavy atom. The number of anilines is 2. The van der Waals surface area contributed by atoms with Gasteiger partial charge in [-0.05, 0) is 37.3 Å². The number of fused-ring (bicyclic) bond motifs is 1. The van der Waals surface area contributed by atoms with Gasteiger partial charge in [0.2, 0.25) is 5.91 Å². The maximum Gasteiger partial charge on any atom is 0.416 e. The summed E-state index contributed by atoms with van der Waals surface area (Å²) in [7, 11) is 1.53. The lowest BCUT2D eigenvalue weighted by Crippen LogP contribution is -2.27. The van der Waals surface area contributed by atoms with Crippen LogP contribution in [0.1, 0.15) is 33.9 Å². The molecular formula is C22H20F3N7O2S. The number of rotatable bonds is 7. The highest BCUT2D eigenvalue weighted by atomic mass is 32.1. The van der Waals surface area contributed by atoms with E-state index in [-0.39, 0.29) is 18.1 Å². The number of likely N-dealkylation sites (N-methyl/N-ethyl adjacent to an activating group) is 1. The number of halogens is 3. The normalized spacial score (nSPS) is 12.4. The predicted molar refractivity (Wildman–Crippen MR) is 124 cm³/mol. The number of amides is 2. The number of nitrogens with zero attached hydrogens (tertiary/aromatic N) is 4.